The predicted octanol–water partition coefficient (Wildman–Crippen LogP) is 8.12. The summed E-state index contributed by atoms with van der Waals surface area (Å²) in [5.41, 5.74) is 2.66. The highest BCUT2D eigenvalue weighted by Crippen LogP contribution is 2.48. The number of nitrogens with zero attached hydrogens (tertiary/aromatic N) is 2. The van der Waals surface area contributed by atoms with Crippen molar-refractivity contribution in [1.29, 1.82) is 0 Å². The van der Waals surface area contributed by atoms with E-state index in [1.807, 2.05) is 56.3 Å². The lowest BCUT2D eigenvalue weighted by molar-refractivity contribution is -0.133. The second-order valence-corrected chi connectivity index (χ2v) is 15.1. The van der Waals surface area contributed by atoms with E-state index in [0.717, 1.165) is 50.5 Å². The van der Waals surface area contributed by atoms with Gasteiger partial charge in [0.2, 0.25) is 0 Å². The van der Waals surface area contributed by atoms with Gasteiger partial charge < -0.3 is 15.0 Å². The lowest BCUT2D eigenvalue weighted by Crippen LogP contribution is -2.56. The molecule has 1 saturated heterocycles. The Hall–Kier alpha value is -3.15. The minimum atomic E-state index is -0.470. The van der Waals surface area contributed by atoms with Gasteiger partial charge in [-0.3, -0.25) is 9.79 Å². The molecule has 0 aromatic heterocycles. The van der Waals surface area contributed by atoms with Gasteiger partial charge in [-0.15, -0.1) is 0 Å². The minimum absolute atomic E-state index is 0.00975. The Morgan fingerprint density at radius 2 is 1.63 bits per heavy atom. The molecule has 1 saturated carbocycles. The van der Waals surface area contributed by atoms with Crippen LogP contribution in [0.4, 0.5) is 0 Å². The van der Waals surface area contributed by atoms with Crippen molar-refractivity contribution < 1.29 is 14.3 Å². The summed E-state index contributed by atoms with van der Waals surface area (Å²) >= 11 is 0. The van der Waals surface area contributed by atoms with Crippen molar-refractivity contribution in [1.82, 2.24) is 10.2 Å². The number of hydrogen-bond donors (Lipinski definition) is 1. The van der Waals surface area contributed by atoms with Gasteiger partial charge in [0, 0.05) is 6.54 Å². The molecule has 4 rings (SSSR count). The third-order valence-electron chi connectivity index (χ3n) is 9.14. The fourth-order valence-electron chi connectivity index (χ4n) is 6.60. The summed E-state index contributed by atoms with van der Waals surface area (Å²) in [7, 11) is 0. The molecule has 2 aliphatic rings. The minimum Gasteiger partial charge on any atom is -0.459 e. The van der Waals surface area contributed by atoms with Crippen LogP contribution in [-0.4, -0.2) is 40.9 Å². The van der Waals surface area contributed by atoms with Gasteiger partial charge in [0.15, 0.2) is 5.84 Å². The summed E-state index contributed by atoms with van der Waals surface area (Å²) in [6.07, 6.45) is 6.30. The number of benzene rings is 2. The molecule has 6 nitrogen and oxygen atoms in total. The Kier molecular flexibility index (Phi) is 10.1. The maximum atomic E-state index is 14.4. The van der Waals surface area contributed by atoms with Gasteiger partial charge in [0.1, 0.15) is 5.66 Å². The molecule has 1 heterocycles. The number of carbonyl (C=O) groups is 2. The number of nitrogens with one attached hydrogen (secondary N) is 1. The highest BCUT2D eigenvalue weighted by atomic mass is 16.5. The van der Waals surface area contributed by atoms with E-state index in [2.05, 4.69) is 63.9 Å². The van der Waals surface area contributed by atoms with Gasteiger partial charge in [-0.25, -0.2) is 4.79 Å². The average Bonchev–Trinajstić information content (AvgIpc) is 3.19. The first kappa shape index (κ1) is 32.8. The van der Waals surface area contributed by atoms with Crippen LogP contribution in [0.2, 0.25) is 0 Å². The summed E-state index contributed by atoms with van der Waals surface area (Å²) in [6.45, 7) is 18.0. The van der Waals surface area contributed by atoms with Crippen LogP contribution in [0.15, 0.2) is 59.6 Å². The van der Waals surface area contributed by atoms with Crippen LogP contribution in [0.25, 0.3) is 0 Å². The van der Waals surface area contributed by atoms with Gasteiger partial charge >= 0.3 is 5.97 Å². The van der Waals surface area contributed by atoms with Crippen molar-refractivity contribution in [3.63, 3.8) is 0 Å². The maximum Gasteiger partial charge on any atom is 0.338 e. The van der Waals surface area contributed by atoms with Crippen molar-refractivity contribution in [2.24, 2.45) is 21.7 Å². The normalized spacial score (nSPS) is 22.7. The molecule has 1 atom stereocenters. The fraction of sp³-hybridized carbons (Fsp3) is 0.595. The summed E-state index contributed by atoms with van der Waals surface area (Å²) in [5.74, 6) is 0.763. The van der Waals surface area contributed by atoms with E-state index in [1.165, 1.54) is 5.56 Å². The largest absolute Gasteiger partial charge is 0.459 e. The van der Waals surface area contributed by atoms with Gasteiger partial charge in [-0.05, 0) is 98.8 Å². The molecule has 2 aromatic carbocycles. The Bertz CT molecular complexity index is 1260. The van der Waals surface area contributed by atoms with Crippen LogP contribution in [0.5, 0.6) is 0 Å². The molecule has 234 valence electrons. The van der Waals surface area contributed by atoms with Crippen molar-refractivity contribution in [2.45, 2.75) is 118 Å². The molecule has 1 aliphatic heterocycles. The Labute approximate surface area is 259 Å². The zero-order valence-corrected chi connectivity index (χ0v) is 27.7. The van der Waals surface area contributed by atoms with Crippen molar-refractivity contribution in [3.05, 3.63) is 71.3 Å². The number of hydrogen-bond acceptors (Lipinski definition) is 4. The Morgan fingerprint density at radius 3 is 2.19 bits per heavy atom. The van der Waals surface area contributed by atoms with Crippen LogP contribution < -0.4 is 5.32 Å². The molecule has 43 heavy (non-hydrogen) atoms. The molecule has 2 aromatic rings. The fourth-order valence-corrected chi connectivity index (χ4v) is 6.60. The summed E-state index contributed by atoms with van der Waals surface area (Å²) in [4.78, 5) is 34.0. The monoisotopic (exact) mass is 587 g/mol. The van der Waals surface area contributed by atoms with E-state index in [0.29, 0.717) is 23.9 Å². The highest BCUT2D eigenvalue weighted by molar-refractivity contribution is 6.40. The van der Waals surface area contributed by atoms with Gasteiger partial charge in [-0.1, -0.05) is 84.0 Å². The van der Waals surface area contributed by atoms with Crippen molar-refractivity contribution >= 4 is 17.7 Å². The molecule has 1 amide bonds. The first-order valence-corrected chi connectivity index (χ1v) is 16.2. The van der Waals surface area contributed by atoms with Crippen molar-refractivity contribution in [3.8, 4) is 0 Å². The number of carbonyl (C=O) groups excluding carboxylic acids is 2. The number of esters is 1. The molecule has 0 radical (unpaired) electrons. The lowest BCUT2D eigenvalue weighted by atomic mass is 9.69. The van der Waals surface area contributed by atoms with Gasteiger partial charge in [0.05, 0.1) is 17.7 Å². The highest BCUT2D eigenvalue weighted by Gasteiger charge is 2.53. The van der Waals surface area contributed by atoms with Crippen LogP contribution >= 0.6 is 0 Å². The van der Waals surface area contributed by atoms with E-state index in [1.54, 1.807) is 0 Å². The average molecular weight is 588 g/mol. The molecule has 6 heteroatoms. The first-order valence-electron chi connectivity index (χ1n) is 16.2. The summed E-state index contributed by atoms with van der Waals surface area (Å²) in [5, 5.41) is 3.72. The molecule has 0 bridgehead atoms. The van der Waals surface area contributed by atoms with Crippen LogP contribution in [-0.2, 0) is 16.0 Å². The third kappa shape index (κ3) is 8.27. The molecule has 2 fully saturated rings. The number of amides is 1. The number of aliphatic imine (C=N–C) groups is 1. The number of ether oxygens (including phenoxy) is 1. The SMILES string of the molecule is CC(C)OC(=O)c1ccc([C@@H](CCC(C)(C)C)N2C(=O)C(=NCCc3ccccc3)NC23CCC(C(C)(C)C)CC3)cc1. The van der Waals surface area contributed by atoms with Gasteiger partial charge in [0.25, 0.3) is 5.91 Å². The molecule has 1 aliphatic carbocycles. The van der Waals surface area contributed by atoms with E-state index < -0.39 is 5.66 Å². The van der Waals surface area contributed by atoms with E-state index in [4.69, 9.17) is 9.73 Å². The summed E-state index contributed by atoms with van der Waals surface area (Å²) in [6, 6.07) is 17.9. The number of rotatable bonds is 9. The quantitative estimate of drug-likeness (QED) is 0.301. The van der Waals surface area contributed by atoms with Crippen LogP contribution in [0, 0.1) is 16.7 Å². The number of amidine groups is 1. The van der Waals surface area contributed by atoms with E-state index in [9.17, 15) is 9.59 Å². The van der Waals surface area contributed by atoms with Crippen LogP contribution in [0.3, 0.4) is 0 Å². The maximum absolute atomic E-state index is 14.4. The van der Waals surface area contributed by atoms with E-state index in [-0.39, 0.29) is 34.9 Å². The first-order chi connectivity index (χ1) is 20.2. The molecule has 1 N–H and O–H groups in total. The zero-order chi connectivity index (χ0) is 31.4. The smallest absolute Gasteiger partial charge is 0.338 e. The lowest BCUT2D eigenvalue weighted by Gasteiger charge is -2.48. The van der Waals surface area contributed by atoms with Crippen molar-refractivity contribution in [2.75, 3.05) is 6.54 Å². The summed E-state index contributed by atoms with van der Waals surface area (Å²) < 4.78 is 5.43. The molecule has 1 spiro atoms. The molecular weight excluding hydrogens is 534 g/mol. The molecular formula is C37H53N3O3. The second kappa shape index (κ2) is 13.2. The third-order valence-corrected chi connectivity index (χ3v) is 9.14. The Morgan fingerprint density at radius 1 is 1.00 bits per heavy atom. The van der Waals surface area contributed by atoms with E-state index >= 15 is 0 Å². The Balaban J connectivity index is 1.69. The van der Waals surface area contributed by atoms with Crippen LogP contribution in [0.1, 0.15) is 121 Å². The van der Waals surface area contributed by atoms with Gasteiger partial charge in [-0.2, -0.15) is 0 Å². The molecule has 0 unspecified atom stereocenters. The zero-order valence-electron chi connectivity index (χ0n) is 27.7. The topological polar surface area (TPSA) is 71.0 Å². The standard InChI is InChI=1S/C37H53N3O3/c1-26(2)43-34(42)29-16-14-28(15-17-29)31(20-22-35(3,4)5)40-33(41)32(38-25-21-27-12-10-9-11-13-27)39-37(40)23-18-30(19-24-37)36(6,7)8/h9-17,26,30-31H,18-25H2,1-8H3,(H,38,39)/t30?,31-,37?/m1/s1. The predicted molar refractivity (Wildman–Crippen MR) is 175 cm³/mol. The second-order valence-electron chi connectivity index (χ2n) is 15.1.